The van der Waals surface area contributed by atoms with Gasteiger partial charge in [-0.3, -0.25) is 0 Å². The van der Waals surface area contributed by atoms with Crippen LogP contribution in [0.2, 0.25) is 0 Å². The minimum absolute atomic E-state index is 0. The Morgan fingerprint density at radius 3 is 1.75 bits per heavy atom. The first-order valence-corrected chi connectivity index (χ1v) is 0.789. The van der Waals surface area contributed by atoms with Gasteiger partial charge in [-0.15, -0.1) is 12.3 Å². The third-order valence-corrected chi connectivity index (χ3v) is 0. The van der Waals surface area contributed by atoms with Gasteiger partial charge >= 0.3 is 27.3 Å². The zero-order valence-corrected chi connectivity index (χ0v) is 8.28. The van der Waals surface area contributed by atoms with Gasteiger partial charge < -0.3 is 0 Å². The molecule has 0 bridgehead atoms. The molecule has 0 aliphatic carbocycles. The van der Waals surface area contributed by atoms with Crippen LogP contribution in [0.25, 0.3) is 0 Å². The molecule has 0 aliphatic heterocycles. The van der Waals surface area contributed by atoms with E-state index in [9.17, 15) is 0 Å². The van der Waals surface area contributed by atoms with E-state index in [-0.39, 0.29) is 27.3 Å². The van der Waals surface area contributed by atoms with Crippen LogP contribution in [0.15, 0.2) is 0 Å². The van der Waals surface area contributed by atoms with E-state index in [4.69, 9.17) is 0 Å². The van der Waals surface area contributed by atoms with Gasteiger partial charge in [-0.05, 0) is 6.92 Å². The van der Waals surface area contributed by atoms with E-state index in [0.717, 1.165) is 0 Å². The van der Waals surface area contributed by atoms with Crippen LogP contribution in [-0.4, -0.2) is 27.3 Å². The van der Waals surface area contributed by atoms with Crippen molar-refractivity contribution in [1.29, 1.82) is 0 Å². The van der Waals surface area contributed by atoms with E-state index in [2.05, 4.69) is 12.3 Å². The third-order valence-electron chi connectivity index (χ3n) is 0. The number of terminal acetylenes is 1. The maximum absolute atomic E-state index is 4.60. The van der Waals surface area contributed by atoms with Gasteiger partial charge in [0.15, 0.2) is 0 Å². The second-order valence-electron chi connectivity index (χ2n) is 0.289. The van der Waals surface area contributed by atoms with Crippen LogP contribution in [0.3, 0.4) is 0 Å². The predicted molar refractivity (Wildman–Crippen MR) is 23.1 cm³/mol. The summed E-state index contributed by atoms with van der Waals surface area (Å²) in [6.45, 7) is 1.65. The number of hydrogen-bond acceptors (Lipinski definition) is 0. The molecule has 0 saturated carbocycles. The summed E-state index contributed by atoms with van der Waals surface area (Å²) < 4.78 is 0. The third kappa shape index (κ3) is 23.5. The Labute approximate surface area is 46.8 Å². The average molecular weight is 249 g/mol. The molecule has 0 N–H and O–H groups in total. The molecule has 0 unspecified atom stereocenters. The first kappa shape index (κ1) is 8.82. The van der Waals surface area contributed by atoms with Gasteiger partial charge in [0.1, 0.15) is 0 Å². The van der Waals surface area contributed by atoms with Crippen molar-refractivity contribution in [1.82, 2.24) is 0 Å². The molecule has 0 nitrogen and oxygen atoms in total. The molecule has 0 aromatic heterocycles. The molecule has 4 heavy (non-hydrogen) atoms. The minimum atomic E-state index is 0. The van der Waals surface area contributed by atoms with Crippen molar-refractivity contribution in [2.24, 2.45) is 0 Å². The van der Waals surface area contributed by atoms with Gasteiger partial charge in [-0.1, -0.05) is 0 Å². The molecular formula is C3H6Pb. The number of hydrogen-bond donors (Lipinski definition) is 0. The fourth-order valence-corrected chi connectivity index (χ4v) is 0. The molecule has 0 spiro atoms. The molecule has 0 aliphatic rings. The van der Waals surface area contributed by atoms with E-state index in [0.29, 0.717) is 0 Å². The molecule has 0 atom stereocenters. The van der Waals surface area contributed by atoms with E-state index >= 15 is 0 Å². The Balaban J connectivity index is 0. The second-order valence-corrected chi connectivity index (χ2v) is 0.289. The molecule has 0 fully saturated rings. The Hall–Kier alpha value is 0.482. The molecule has 1 heteroatoms. The molecule has 0 rings (SSSR count). The zero-order valence-electron chi connectivity index (χ0n) is 2.78. The Morgan fingerprint density at radius 1 is 1.75 bits per heavy atom. The van der Waals surface area contributed by atoms with E-state index in [1.807, 2.05) is 0 Å². The van der Waals surface area contributed by atoms with Crippen LogP contribution in [0.5, 0.6) is 0 Å². The quantitative estimate of drug-likeness (QED) is 0.409. The predicted octanol–water partition coefficient (Wildman–Crippen LogP) is -0.277. The summed E-state index contributed by atoms with van der Waals surface area (Å²) in [6, 6.07) is 0. The van der Waals surface area contributed by atoms with Crippen LogP contribution in [0.1, 0.15) is 6.92 Å². The Morgan fingerprint density at radius 2 is 1.75 bits per heavy atom. The monoisotopic (exact) mass is 250 g/mol. The molecule has 2 radical (unpaired) electrons. The molecule has 0 aromatic rings. The van der Waals surface area contributed by atoms with E-state index in [1.165, 1.54) is 0 Å². The van der Waals surface area contributed by atoms with E-state index < -0.39 is 0 Å². The molecule has 0 heterocycles. The first-order chi connectivity index (χ1) is 1.41. The standard InChI is InChI=1S/C3H4.Pb.2H/c1-3-2;;;/h1H,2H3;;;. The first-order valence-electron chi connectivity index (χ1n) is 0.789. The summed E-state index contributed by atoms with van der Waals surface area (Å²) in [5.41, 5.74) is 0. The van der Waals surface area contributed by atoms with Gasteiger partial charge in [0.05, 0.1) is 0 Å². The van der Waals surface area contributed by atoms with Crippen molar-refractivity contribution in [3.8, 4) is 12.3 Å². The summed E-state index contributed by atoms with van der Waals surface area (Å²) in [4.78, 5) is 0. The summed E-state index contributed by atoms with van der Waals surface area (Å²) in [5.74, 6) is 2.25. The van der Waals surface area contributed by atoms with E-state index in [1.54, 1.807) is 6.92 Å². The van der Waals surface area contributed by atoms with Crippen molar-refractivity contribution >= 4 is 27.3 Å². The summed E-state index contributed by atoms with van der Waals surface area (Å²) >= 11 is 0. The summed E-state index contributed by atoms with van der Waals surface area (Å²) in [6.07, 6.45) is 4.60. The van der Waals surface area contributed by atoms with Gasteiger partial charge in [0.2, 0.25) is 0 Å². The van der Waals surface area contributed by atoms with Crippen LogP contribution < -0.4 is 0 Å². The van der Waals surface area contributed by atoms with Crippen LogP contribution in [0.4, 0.5) is 0 Å². The molecule has 0 saturated heterocycles. The zero-order chi connectivity index (χ0) is 2.71. The SMILES string of the molecule is C#CC.[PbH2]. The average Bonchev–Trinajstić information content (AvgIpc) is 0.918. The van der Waals surface area contributed by atoms with Crippen molar-refractivity contribution in [2.45, 2.75) is 6.92 Å². The van der Waals surface area contributed by atoms with Crippen LogP contribution >= 0.6 is 0 Å². The molecular weight excluding hydrogens is 243 g/mol. The van der Waals surface area contributed by atoms with Gasteiger partial charge in [-0.2, -0.15) is 0 Å². The van der Waals surface area contributed by atoms with Crippen molar-refractivity contribution in [3.63, 3.8) is 0 Å². The molecule has 22 valence electrons. The fourth-order valence-electron chi connectivity index (χ4n) is 0. The fraction of sp³-hybridized carbons (Fsp3) is 0.333. The van der Waals surface area contributed by atoms with Crippen molar-refractivity contribution in [3.05, 3.63) is 0 Å². The maximum atomic E-state index is 4.60. The van der Waals surface area contributed by atoms with Crippen LogP contribution in [0, 0.1) is 12.3 Å². The Kier molecular flexibility index (Phi) is 21.5. The Bertz CT molecular complexity index is 24.8. The van der Waals surface area contributed by atoms with Crippen LogP contribution in [-0.2, 0) is 0 Å². The normalized spacial score (nSPS) is 2.00. The number of rotatable bonds is 0. The van der Waals surface area contributed by atoms with Gasteiger partial charge in [-0.25, -0.2) is 0 Å². The molecule has 0 aromatic carbocycles. The summed E-state index contributed by atoms with van der Waals surface area (Å²) in [5, 5.41) is 0. The topological polar surface area (TPSA) is 0 Å². The molecule has 0 amide bonds. The van der Waals surface area contributed by atoms with Gasteiger partial charge in [0, 0.05) is 0 Å². The summed E-state index contributed by atoms with van der Waals surface area (Å²) in [7, 11) is 0. The van der Waals surface area contributed by atoms with Gasteiger partial charge in [0.25, 0.3) is 0 Å². The second kappa shape index (κ2) is 9.77. The van der Waals surface area contributed by atoms with Crippen molar-refractivity contribution in [2.75, 3.05) is 0 Å². The van der Waals surface area contributed by atoms with Crippen molar-refractivity contribution < 1.29 is 0 Å².